The Bertz CT molecular complexity index is 1410. The predicted molar refractivity (Wildman–Crippen MR) is 126 cm³/mol. The quantitative estimate of drug-likeness (QED) is 0.390. The van der Waals surface area contributed by atoms with Crippen LogP contribution >= 0.6 is 0 Å². The van der Waals surface area contributed by atoms with Gasteiger partial charge in [0.25, 0.3) is 5.91 Å². The predicted octanol–water partition coefficient (Wildman–Crippen LogP) is 5.55. The maximum absolute atomic E-state index is 13.2. The highest BCUT2D eigenvalue weighted by molar-refractivity contribution is 6.13. The fourth-order valence-corrected chi connectivity index (χ4v) is 3.71. The van der Waals surface area contributed by atoms with Gasteiger partial charge in [0.1, 0.15) is 11.4 Å². The minimum absolute atomic E-state index is 0.236. The summed E-state index contributed by atoms with van der Waals surface area (Å²) in [6.07, 6.45) is 6.84. The first-order valence-corrected chi connectivity index (χ1v) is 10.2. The minimum atomic E-state index is -0.236. The van der Waals surface area contributed by atoms with Gasteiger partial charge in [0.05, 0.1) is 24.6 Å². The molecule has 2 aromatic carbocycles. The molecular weight excluding hydrogens is 400 g/mol. The highest BCUT2D eigenvalue weighted by atomic mass is 16.5. The van der Waals surface area contributed by atoms with Gasteiger partial charge in [-0.1, -0.05) is 42.5 Å². The number of carbonyl (C=O) groups is 1. The average molecular weight is 420 g/mol. The van der Waals surface area contributed by atoms with Crippen molar-refractivity contribution in [3.05, 3.63) is 97.1 Å². The van der Waals surface area contributed by atoms with E-state index in [1.54, 1.807) is 31.9 Å². The van der Waals surface area contributed by atoms with Gasteiger partial charge in [0, 0.05) is 35.1 Å². The first kappa shape index (κ1) is 19.5. The van der Waals surface area contributed by atoms with Crippen LogP contribution in [-0.4, -0.2) is 28.0 Å². The molecule has 0 bridgehead atoms. The van der Waals surface area contributed by atoms with Crippen LogP contribution in [0.4, 0.5) is 5.69 Å². The molecule has 156 valence electrons. The first-order valence-electron chi connectivity index (χ1n) is 10.2. The smallest absolute Gasteiger partial charge is 0.257 e. The van der Waals surface area contributed by atoms with E-state index in [4.69, 9.17) is 4.74 Å². The molecule has 0 aliphatic carbocycles. The van der Waals surface area contributed by atoms with E-state index in [1.165, 1.54) is 0 Å². The molecule has 1 amide bonds. The van der Waals surface area contributed by atoms with E-state index in [1.807, 2.05) is 66.7 Å². The van der Waals surface area contributed by atoms with E-state index in [-0.39, 0.29) is 5.91 Å². The molecular formula is C26H20N4O2. The zero-order valence-corrected chi connectivity index (χ0v) is 17.4. The zero-order chi connectivity index (χ0) is 21.9. The maximum atomic E-state index is 13.2. The number of benzene rings is 2. The summed E-state index contributed by atoms with van der Waals surface area (Å²) < 4.78 is 5.34. The summed E-state index contributed by atoms with van der Waals surface area (Å²) in [5, 5.41) is 3.77. The van der Waals surface area contributed by atoms with E-state index in [9.17, 15) is 4.79 Å². The highest BCUT2D eigenvalue weighted by Crippen LogP contribution is 2.31. The highest BCUT2D eigenvalue weighted by Gasteiger charge is 2.16. The SMILES string of the molecule is COc1cccc(-c2ccncc2NC(=O)c2c[nH]c3ncc(-c4ccccc4)cc23)c1. The number of nitrogens with one attached hydrogen (secondary N) is 2. The summed E-state index contributed by atoms with van der Waals surface area (Å²) in [5.41, 5.74) is 5.57. The Morgan fingerprint density at radius 3 is 2.62 bits per heavy atom. The number of hydrogen-bond donors (Lipinski definition) is 2. The van der Waals surface area contributed by atoms with Crippen LogP contribution in [0.2, 0.25) is 0 Å². The van der Waals surface area contributed by atoms with Crippen LogP contribution < -0.4 is 10.1 Å². The van der Waals surface area contributed by atoms with E-state index in [0.29, 0.717) is 16.9 Å². The Morgan fingerprint density at radius 2 is 1.78 bits per heavy atom. The molecule has 3 heterocycles. The number of methoxy groups -OCH3 is 1. The molecule has 0 unspecified atom stereocenters. The molecule has 6 heteroatoms. The fourth-order valence-electron chi connectivity index (χ4n) is 3.71. The van der Waals surface area contributed by atoms with Crippen LogP contribution in [0, 0.1) is 0 Å². The number of pyridine rings is 2. The molecule has 0 saturated carbocycles. The van der Waals surface area contributed by atoms with Crippen molar-refractivity contribution in [2.45, 2.75) is 0 Å². The van der Waals surface area contributed by atoms with Crippen LogP contribution in [-0.2, 0) is 0 Å². The molecule has 3 aromatic heterocycles. The second-order valence-electron chi connectivity index (χ2n) is 7.30. The lowest BCUT2D eigenvalue weighted by Crippen LogP contribution is -2.12. The molecule has 0 spiro atoms. The van der Waals surface area contributed by atoms with Gasteiger partial charge < -0.3 is 15.0 Å². The van der Waals surface area contributed by atoms with Gasteiger partial charge in [-0.15, -0.1) is 0 Å². The van der Waals surface area contributed by atoms with Gasteiger partial charge in [-0.05, 0) is 35.4 Å². The molecule has 0 saturated heterocycles. The average Bonchev–Trinajstić information content (AvgIpc) is 3.28. The van der Waals surface area contributed by atoms with Gasteiger partial charge in [-0.2, -0.15) is 0 Å². The minimum Gasteiger partial charge on any atom is -0.497 e. The second kappa shape index (κ2) is 8.35. The third-order valence-electron chi connectivity index (χ3n) is 5.33. The van der Waals surface area contributed by atoms with Crippen molar-refractivity contribution < 1.29 is 9.53 Å². The van der Waals surface area contributed by atoms with Gasteiger partial charge >= 0.3 is 0 Å². The molecule has 6 nitrogen and oxygen atoms in total. The van der Waals surface area contributed by atoms with Crippen LogP contribution in [0.15, 0.2) is 91.5 Å². The fraction of sp³-hybridized carbons (Fsp3) is 0.0385. The summed E-state index contributed by atoms with van der Waals surface area (Å²) >= 11 is 0. The molecule has 0 aliphatic rings. The summed E-state index contributed by atoms with van der Waals surface area (Å²) in [7, 11) is 1.63. The standard InChI is InChI=1S/C26H20N4O2/c1-32-20-9-5-8-18(12-20)21-10-11-27-16-24(21)30-26(31)23-15-29-25-22(23)13-19(14-28-25)17-6-3-2-4-7-17/h2-16H,1H3,(H,28,29)(H,30,31). The Labute approximate surface area is 184 Å². The van der Waals surface area contributed by atoms with Crippen LogP contribution in [0.25, 0.3) is 33.3 Å². The Hall–Kier alpha value is -4.45. The Kier molecular flexibility index (Phi) is 5.09. The van der Waals surface area contributed by atoms with Crippen molar-refractivity contribution in [1.29, 1.82) is 0 Å². The molecule has 0 fully saturated rings. The van der Waals surface area contributed by atoms with E-state index in [2.05, 4.69) is 20.3 Å². The normalized spacial score (nSPS) is 10.8. The van der Waals surface area contributed by atoms with Gasteiger partial charge in [-0.25, -0.2) is 4.98 Å². The topological polar surface area (TPSA) is 79.9 Å². The lowest BCUT2D eigenvalue weighted by molar-refractivity contribution is 0.102. The van der Waals surface area contributed by atoms with Crippen molar-refractivity contribution in [2.24, 2.45) is 0 Å². The number of carbonyl (C=O) groups excluding carboxylic acids is 1. The molecule has 5 rings (SSSR count). The largest absolute Gasteiger partial charge is 0.497 e. The van der Waals surface area contributed by atoms with Crippen molar-refractivity contribution >= 4 is 22.6 Å². The number of H-pyrrole nitrogens is 1. The van der Waals surface area contributed by atoms with Crippen molar-refractivity contribution in [3.8, 4) is 28.0 Å². The van der Waals surface area contributed by atoms with Crippen molar-refractivity contribution in [2.75, 3.05) is 12.4 Å². The Morgan fingerprint density at radius 1 is 0.938 bits per heavy atom. The van der Waals surface area contributed by atoms with Crippen LogP contribution in [0.1, 0.15) is 10.4 Å². The first-order chi connectivity index (χ1) is 15.7. The van der Waals surface area contributed by atoms with Crippen LogP contribution in [0.3, 0.4) is 0 Å². The van der Waals surface area contributed by atoms with Crippen molar-refractivity contribution in [3.63, 3.8) is 0 Å². The number of amides is 1. The zero-order valence-electron chi connectivity index (χ0n) is 17.4. The number of rotatable bonds is 5. The number of anilines is 1. The molecule has 5 aromatic rings. The van der Waals surface area contributed by atoms with Gasteiger partial charge in [0.2, 0.25) is 0 Å². The number of aromatic amines is 1. The molecule has 0 radical (unpaired) electrons. The number of aromatic nitrogens is 3. The lowest BCUT2D eigenvalue weighted by atomic mass is 10.0. The number of ether oxygens (including phenoxy) is 1. The van der Waals surface area contributed by atoms with E-state index >= 15 is 0 Å². The molecule has 0 atom stereocenters. The summed E-state index contributed by atoms with van der Waals surface area (Å²) in [6, 6.07) is 21.5. The molecule has 32 heavy (non-hydrogen) atoms. The third kappa shape index (κ3) is 3.70. The van der Waals surface area contributed by atoms with Gasteiger partial charge in [0.15, 0.2) is 0 Å². The Balaban J connectivity index is 1.50. The van der Waals surface area contributed by atoms with E-state index in [0.717, 1.165) is 33.4 Å². The second-order valence-corrected chi connectivity index (χ2v) is 7.30. The number of fused-ring (bicyclic) bond motifs is 1. The molecule has 0 aliphatic heterocycles. The van der Waals surface area contributed by atoms with Crippen LogP contribution in [0.5, 0.6) is 5.75 Å². The molecule has 2 N–H and O–H groups in total. The maximum Gasteiger partial charge on any atom is 0.257 e. The van der Waals surface area contributed by atoms with E-state index < -0.39 is 0 Å². The summed E-state index contributed by atoms with van der Waals surface area (Å²) in [6.45, 7) is 0. The summed E-state index contributed by atoms with van der Waals surface area (Å²) in [5.74, 6) is 0.508. The van der Waals surface area contributed by atoms with Gasteiger partial charge in [-0.3, -0.25) is 9.78 Å². The summed E-state index contributed by atoms with van der Waals surface area (Å²) in [4.78, 5) is 25.0. The number of hydrogen-bond acceptors (Lipinski definition) is 4. The monoisotopic (exact) mass is 420 g/mol. The number of nitrogens with zero attached hydrogens (tertiary/aromatic N) is 2. The van der Waals surface area contributed by atoms with Crippen molar-refractivity contribution in [1.82, 2.24) is 15.0 Å². The third-order valence-corrected chi connectivity index (χ3v) is 5.33. The lowest BCUT2D eigenvalue weighted by Gasteiger charge is -2.11.